The molecule has 1 fully saturated rings. The zero-order valence-corrected chi connectivity index (χ0v) is 24.5. The Bertz CT molecular complexity index is 1460. The van der Waals surface area contributed by atoms with Crippen molar-refractivity contribution in [2.24, 2.45) is 5.92 Å². The summed E-state index contributed by atoms with van der Waals surface area (Å²) in [6, 6.07) is 21.2. The second kappa shape index (κ2) is 13.2. The minimum absolute atomic E-state index is 0.0759. The number of piperidine rings is 1. The lowest BCUT2D eigenvalue weighted by molar-refractivity contribution is -0.125. The van der Waals surface area contributed by atoms with Crippen molar-refractivity contribution in [3.05, 3.63) is 89.5 Å². The average Bonchev–Trinajstić information content (AvgIpc) is 3.01. The smallest absolute Gasteiger partial charge is 0.240 e. The number of amides is 1. The number of fused-ring (bicyclic) bond motifs is 2. The van der Waals surface area contributed by atoms with Crippen LogP contribution in [0.2, 0.25) is 0 Å². The number of sulfonamides is 1. The van der Waals surface area contributed by atoms with Gasteiger partial charge < -0.3 is 20.1 Å². The number of hydrogen-bond acceptors (Lipinski definition) is 7. The first kappa shape index (κ1) is 29.9. The minimum atomic E-state index is -3.82. The minimum Gasteiger partial charge on any atom is -0.457 e. The van der Waals surface area contributed by atoms with Crippen LogP contribution in [0.4, 0.5) is 0 Å². The van der Waals surface area contributed by atoms with Gasteiger partial charge in [-0.15, -0.1) is 0 Å². The maximum atomic E-state index is 13.6. The molecule has 5 rings (SSSR count). The number of carbonyl (C=O) groups is 2. The second-order valence-corrected chi connectivity index (χ2v) is 12.7. The summed E-state index contributed by atoms with van der Waals surface area (Å²) >= 11 is 0. The number of carbonyl (C=O) groups excluding carboxylic acids is 2. The van der Waals surface area contributed by atoms with Gasteiger partial charge in [-0.25, -0.2) is 13.1 Å². The Hall–Kier alpha value is -3.57. The molecule has 3 aromatic rings. The van der Waals surface area contributed by atoms with Crippen molar-refractivity contribution in [3.63, 3.8) is 0 Å². The Morgan fingerprint density at radius 1 is 1.00 bits per heavy atom. The van der Waals surface area contributed by atoms with E-state index >= 15 is 0 Å². The molecule has 0 bridgehead atoms. The standard InChI is InChI=1S/C32H37N3O6S/c1-40-17-7-6-16-32(27-8-2-4-10-29(27)41-30-11-5-3-9-28(30)32)22-34-31(37)24-18-25(20-33-19-24)35-42(38,39)26-14-12-23(21-36)13-15-26/h2-5,8-15,21,24-25,33,35H,6-7,16-20,22H2,1H3,(H,34,37). The number of para-hydroxylation sites is 2. The number of hydrogen-bond donors (Lipinski definition) is 3. The molecule has 1 saturated heterocycles. The molecule has 2 aliphatic heterocycles. The molecular formula is C32H37N3O6S. The van der Waals surface area contributed by atoms with Gasteiger partial charge in [0.1, 0.15) is 17.8 Å². The van der Waals surface area contributed by atoms with E-state index < -0.39 is 27.4 Å². The molecule has 222 valence electrons. The zero-order valence-electron chi connectivity index (χ0n) is 23.7. The van der Waals surface area contributed by atoms with Gasteiger partial charge in [-0.3, -0.25) is 9.59 Å². The topological polar surface area (TPSA) is 123 Å². The predicted molar refractivity (Wildman–Crippen MR) is 159 cm³/mol. The summed E-state index contributed by atoms with van der Waals surface area (Å²) in [6.07, 6.45) is 3.61. The fourth-order valence-electron chi connectivity index (χ4n) is 6.01. The third-order valence-corrected chi connectivity index (χ3v) is 9.70. The third-order valence-electron chi connectivity index (χ3n) is 8.16. The van der Waals surface area contributed by atoms with E-state index in [1.54, 1.807) is 7.11 Å². The molecule has 3 aromatic carbocycles. The Labute approximate surface area is 247 Å². The molecule has 2 atom stereocenters. The van der Waals surface area contributed by atoms with Crippen LogP contribution in [0.5, 0.6) is 11.5 Å². The van der Waals surface area contributed by atoms with Crippen LogP contribution >= 0.6 is 0 Å². The van der Waals surface area contributed by atoms with Crippen molar-refractivity contribution in [2.75, 3.05) is 33.4 Å². The van der Waals surface area contributed by atoms with Crippen molar-refractivity contribution in [3.8, 4) is 11.5 Å². The summed E-state index contributed by atoms with van der Waals surface area (Å²) in [7, 11) is -2.12. The van der Waals surface area contributed by atoms with Crippen LogP contribution in [0.1, 0.15) is 47.2 Å². The lowest BCUT2D eigenvalue weighted by Gasteiger charge is -2.41. The number of nitrogens with one attached hydrogen (secondary N) is 3. The van der Waals surface area contributed by atoms with Gasteiger partial charge >= 0.3 is 0 Å². The molecule has 2 heterocycles. The van der Waals surface area contributed by atoms with Crippen molar-refractivity contribution in [1.29, 1.82) is 0 Å². The predicted octanol–water partition coefficient (Wildman–Crippen LogP) is 3.78. The second-order valence-electron chi connectivity index (χ2n) is 10.9. The lowest BCUT2D eigenvalue weighted by atomic mass is 9.69. The lowest BCUT2D eigenvalue weighted by Crippen LogP contribution is -2.53. The summed E-state index contributed by atoms with van der Waals surface area (Å²) in [4.78, 5) is 24.6. The highest BCUT2D eigenvalue weighted by atomic mass is 32.2. The maximum Gasteiger partial charge on any atom is 0.240 e. The maximum absolute atomic E-state index is 13.6. The molecule has 0 saturated carbocycles. The van der Waals surface area contributed by atoms with Crippen molar-refractivity contribution in [1.82, 2.24) is 15.4 Å². The molecule has 0 spiro atoms. The largest absolute Gasteiger partial charge is 0.457 e. The van der Waals surface area contributed by atoms with Gasteiger partial charge in [0.2, 0.25) is 15.9 Å². The van der Waals surface area contributed by atoms with Crippen LogP contribution in [-0.4, -0.2) is 60.0 Å². The quantitative estimate of drug-likeness (QED) is 0.216. The van der Waals surface area contributed by atoms with Gasteiger partial charge in [-0.05, 0) is 49.9 Å². The van der Waals surface area contributed by atoms with E-state index in [0.717, 1.165) is 41.9 Å². The SMILES string of the molecule is COCCCCC1(CNC(=O)C2CNCC(NS(=O)(=O)c3ccc(C=O)cc3)C2)c2ccccc2Oc2ccccc21. The number of methoxy groups -OCH3 is 1. The highest BCUT2D eigenvalue weighted by Gasteiger charge is 2.42. The summed E-state index contributed by atoms with van der Waals surface area (Å²) in [5.41, 5.74) is 1.98. The van der Waals surface area contributed by atoms with Crippen LogP contribution in [0.25, 0.3) is 0 Å². The monoisotopic (exact) mass is 591 g/mol. The van der Waals surface area contributed by atoms with Crippen LogP contribution < -0.4 is 20.1 Å². The first-order chi connectivity index (χ1) is 20.4. The Morgan fingerprint density at radius 3 is 2.31 bits per heavy atom. The summed E-state index contributed by atoms with van der Waals surface area (Å²) in [5, 5.41) is 6.45. The number of ether oxygens (including phenoxy) is 2. The number of benzene rings is 3. The van der Waals surface area contributed by atoms with E-state index in [-0.39, 0.29) is 10.8 Å². The van der Waals surface area contributed by atoms with Gasteiger partial charge in [-0.2, -0.15) is 0 Å². The van der Waals surface area contributed by atoms with Crippen molar-refractivity contribution in [2.45, 2.75) is 42.0 Å². The van der Waals surface area contributed by atoms with Crippen molar-refractivity contribution < 1.29 is 27.5 Å². The fraction of sp³-hybridized carbons (Fsp3) is 0.375. The van der Waals surface area contributed by atoms with E-state index in [1.807, 2.05) is 36.4 Å². The van der Waals surface area contributed by atoms with Crippen LogP contribution in [0, 0.1) is 5.92 Å². The third kappa shape index (κ3) is 6.42. The molecule has 1 amide bonds. The normalized spacial score (nSPS) is 19.2. The van der Waals surface area contributed by atoms with E-state index in [2.05, 4.69) is 27.5 Å². The summed E-state index contributed by atoms with van der Waals surface area (Å²) in [5.74, 6) is 1.03. The molecule has 0 aromatic heterocycles. The van der Waals surface area contributed by atoms with Crippen LogP contribution in [0.15, 0.2) is 77.7 Å². The molecular weight excluding hydrogens is 554 g/mol. The van der Waals surface area contributed by atoms with E-state index in [4.69, 9.17) is 9.47 Å². The summed E-state index contributed by atoms with van der Waals surface area (Å²) < 4.78 is 40.3. The van der Waals surface area contributed by atoms with Crippen molar-refractivity contribution >= 4 is 22.2 Å². The Balaban J connectivity index is 1.32. The molecule has 42 heavy (non-hydrogen) atoms. The highest BCUT2D eigenvalue weighted by Crippen LogP contribution is 2.50. The van der Waals surface area contributed by atoms with E-state index in [9.17, 15) is 18.0 Å². The average molecular weight is 592 g/mol. The number of rotatable bonds is 12. The van der Waals surface area contributed by atoms with Gasteiger partial charge in [-0.1, -0.05) is 48.5 Å². The summed E-state index contributed by atoms with van der Waals surface area (Å²) in [6.45, 7) is 1.91. The molecule has 0 radical (unpaired) electrons. The molecule has 2 unspecified atom stereocenters. The van der Waals surface area contributed by atoms with Crippen LogP contribution in [0.3, 0.4) is 0 Å². The zero-order chi connectivity index (χ0) is 29.6. The molecule has 3 N–H and O–H groups in total. The first-order valence-corrected chi connectivity index (χ1v) is 15.8. The first-order valence-electron chi connectivity index (χ1n) is 14.3. The Morgan fingerprint density at radius 2 is 1.67 bits per heavy atom. The molecule has 0 aliphatic carbocycles. The molecule has 10 heteroatoms. The van der Waals surface area contributed by atoms with E-state index in [1.165, 1.54) is 24.3 Å². The van der Waals surface area contributed by atoms with Gasteiger partial charge in [0, 0.05) is 61.5 Å². The highest BCUT2D eigenvalue weighted by molar-refractivity contribution is 7.89. The fourth-order valence-corrected chi connectivity index (χ4v) is 7.26. The molecule has 2 aliphatic rings. The number of unbranched alkanes of at least 4 members (excludes halogenated alkanes) is 1. The van der Waals surface area contributed by atoms with Crippen LogP contribution in [-0.2, 0) is 25.0 Å². The van der Waals surface area contributed by atoms with E-state index in [0.29, 0.717) is 44.5 Å². The van der Waals surface area contributed by atoms with Gasteiger partial charge in [0.15, 0.2) is 0 Å². The number of aldehydes is 1. The van der Waals surface area contributed by atoms with Gasteiger partial charge in [0.05, 0.1) is 10.8 Å². The van der Waals surface area contributed by atoms with Gasteiger partial charge in [0.25, 0.3) is 0 Å². The Kier molecular flexibility index (Phi) is 9.37. The molecule has 9 nitrogen and oxygen atoms in total.